The van der Waals surface area contributed by atoms with Gasteiger partial charge in [-0.3, -0.25) is 0 Å². The minimum Gasteiger partial charge on any atom is -0.357 e. The van der Waals surface area contributed by atoms with Crippen LogP contribution in [0.2, 0.25) is 5.02 Å². The molecule has 3 N–H and O–H groups in total. The van der Waals surface area contributed by atoms with Crippen molar-refractivity contribution in [3.63, 3.8) is 0 Å². The third-order valence-corrected chi connectivity index (χ3v) is 3.63. The third-order valence-electron chi connectivity index (χ3n) is 2.66. The van der Waals surface area contributed by atoms with Crippen LogP contribution in [0.1, 0.15) is 18.9 Å². The van der Waals surface area contributed by atoms with Crippen LogP contribution in [0.3, 0.4) is 0 Å². The van der Waals surface area contributed by atoms with Gasteiger partial charge >= 0.3 is 0 Å². The zero-order valence-electron chi connectivity index (χ0n) is 13.3. The molecule has 0 saturated carbocycles. The summed E-state index contributed by atoms with van der Waals surface area (Å²) in [5, 5.41) is 7.00. The zero-order valence-corrected chi connectivity index (χ0v) is 17.2. The van der Waals surface area contributed by atoms with Crippen molar-refractivity contribution in [2.24, 2.45) is 4.99 Å². The van der Waals surface area contributed by atoms with Crippen LogP contribution in [0.25, 0.3) is 0 Å². The van der Waals surface area contributed by atoms with Crippen molar-refractivity contribution in [1.82, 2.24) is 15.4 Å². The number of halogens is 2. The van der Waals surface area contributed by atoms with Crippen LogP contribution >= 0.6 is 35.6 Å². The Morgan fingerprint density at radius 2 is 2.00 bits per heavy atom. The maximum atomic E-state index is 10.9. The smallest absolute Gasteiger partial charge is 0.208 e. The highest BCUT2D eigenvalue weighted by atomic mass is 127. The molecule has 0 aromatic heterocycles. The summed E-state index contributed by atoms with van der Waals surface area (Å²) in [6.07, 6.45) is 1.82. The average molecular weight is 475 g/mol. The van der Waals surface area contributed by atoms with Gasteiger partial charge in [-0.1, -0.05) is 23.7 Å². The minimum atomic E-state index is -3.12. The predicted octanol–water partition coefficient (Wildman–Crippen LogP) is 1.95. The molecule has 0 atom stereocenters. The van der Waals surface area contributed by atoms with Gasteiger partial charge in [-0.25, -0.2) is 18.1 Å². The molecule has 0 saturated heterocycles. The molecule has 132 valence electrons. The Morgan fingerprint density at radius 3 is 2.61 bits per heavy atom. The van der Waals surface area contributed by atoms with E-state index >= 15 is 0 Å². The lowest BCUT2D eigenvalue weighted by molar-refractivity contribution is 0.584. The second-order valence-corrected chi connectivity index (χ2v) is 7.04. The van der Waals surface area contributed by atoms with E-state index in [2.05, 4.69) is 20.3 Å². The van der Waals surface area contributed by atoms with Gasteiger partial charge in [0.25, 0.3) is 0 Å². The highest BCUT2D eigenvalue weighted by Crippen LogP contribution is 2.11. The van der Waals surface area contributed by atoms with E-state index in [1.807, 2.05) is 31.2 Å². The van der Waals surface area contributed by atoms with Crippen molar-refractivity contribution in [3.8, 4) is 0 Å². The van der Waals surface area contributed by atoms with E-state index in [0.29, 0.717) is 37.0 Å². The second kappa shape index (κ2) is 11.9. The van der Waals surface area contributed by atoms with E-state index in [1.54, 1.807) is 0 Å². The molecule has 1 aromatic rings. The SMILES string of the molecule is CCNC(=NCc1cccc(Cl)c1)NCCCNS(C)(=O)=O.I. The first-order valence-corrected chi connectivity index (χ1v) is 9.39. The molecular weight excluding hydrogens is 451 g/mol. The van der Waals surface area contributed by atoms with Crippen LogP contribution < -0.4 is 15.4 Å². The van der Waals surface area contributed by atoms with Crippen LogP contribution in [0, 0.1) is 0 Å². The number of sulfonamides is 1. The third kappa shape index (κ3) is 11.6. The molecule has 1 rings (SSSR count). The quantitative estimate of drug-likeness (QED) is 0.233. The fraction of sp³-hybridized carbons (Fsp3) is 0.500. The fourth-order valence-corrected chi connectivity index (χ4v) is 2.43. The highest BCUT2D eigenvalue weighted by molar-refractivity contribution is 14.0. The van der Waals surface area contributed by atoms with Gasteiger partial charge in [0.15, 0.2) is 5.96 Å². The van der Waals surface area contributed by atoms with Crippen molar-refractivity contribution < 1.29 is 8.42 Å². The van der Waals surface area contributed by atoms with Gasteiger partial charge in [0.2, 0.25) is 10.0 Å². The van der Waals surface area contributed by atoms with Gasteiger partial charge in [-0.2, -0.15) is 0 Å². The maximum Gasteiger partial charge on any atom is 0.208 e. The standard InChI is InChI=1S/C14H23ClN4O2S.HI/c1-3-16-14(17-8-5-9-19-22(2,20)21)18-11-12-6-4-7-13(15)10-12;/h4,6-7,10,19H,3,5,8-9,11H2,1-2H3,(H2,16,17,18);1H. The minimum absolute atomic E-state index is 0. The Labute approximate surface area is 160 Å². The van der Waals surface area contributed by atoms with E-state index in [4.69, 9.17) is 11.6 Å². The summed E-state index contributed by atoms with van der Waals surface area (Å²) in [6, 6.07) is 7.57. The molecule has 6 nitrogen and oxygen atoms in total. The van der Waals surface area contributed by atoms with E-state index in [9.17, 15) is 8.42 Å². The number of hydrogen-bond acceptors (Lipinski definition) is 3. The Morgan fingerprint density at radius 1 is 1.26 bits per heavy atom. The molecule has 0 aliphatic rings. The molecule has 1 aromatic carbocycles. The molecule has 0 aliphatic carbocycles. The lowest BCUT2D eigenvalue weighted by Crippen LogP contribution is -2.38. The van der Waals surface area contributed by atoms with Gasteiger partial charge < -0.3 is 10.6 Å². The maximum absolute atomic E-state index is 10.9. The summed E-state index contributed by atoms with van der Waals surface area (Å²) >= 11 is 5.94. The molecule has 0 amide bonds. The monoisotopic (exact) mass is 474 g/mol. The first kappa shape index (κ1) is 22.4. The lowest BCUT2D eigenvalue weighted by Gasteiger charge is -2.11. The van der Waals surface area contributed by atoms with Crippen molar-refractivity contribution in [1.29, 1.82) is 0 Å². The molecule has 0 unspecified atom stereocenters. The van der Waals surface area contributed by atoms with Crippen LogP contribution in [0.4, 0.5) is 0 Å². The summed E-state index contributed by atoms with van der Waals surface area (Å²) < 4.78 is 24.3. The molecule has 9 heteroatoms. The first-order chi connectivity index (χ1) is 10.4. The number of hydrogen-bond donors (Lipinski definition) is 3. The molecule has 0 fully saturated rings. The normalized spacial score (nSPS) is 11.7. The fourth-order valence-electron chi connectivity index (χ4n) is 1.70. The van der Waals surface area contributed by atoms with Crippen LogP contribution in [0.5, 0.6) is 0 Å². The van der Waals surface area contributed by atoms with Crippen molar-refractivity contribution in [2.45, 2.75) is 19.9 Å². The molecule has 23 heavy (non-hydrogen) atoms. The van der Waals surface area contributed by atoms with E-state index in [-0.39, 0.29) is 24.0 Å². The molecular formula is C14H24ClIN4O2S. The number of nitrogens with zero attached hydrogens (tertiary/aromatic N) is 1. The second-order valence-electron chi connectivity index (χ2n) is 4.77. The molecule has 0 spiro atoms. The molecule has 0 bridgehead atoms. The Hall–Kier alpha value is -0.580. The van der Waals surface area contributed by atoms with Gasteiger partial charge in [0, 0.05) is 24.7 Å². The van der Waals surface area contributed by atoms with Crippen LogP contribution in [0.15, 0.2) is 29.3 Å². The number of guanidine groups is 1. The van der Waals surface area contributed by atoms with Crippen LogP contribution in [-0.4, -0.2) is 40.3 Å². The highest BCUT2D eigenvalue weighted by Gasteiger charge is 2.00. The summed E-state index contributed by atoms with van der Waals surface area (Å²) in [7, 11) is -3.12. The van der Waals surface area contributed by atoms with E-state index in [0.717, 1.165) is 18.4 Å². The largest absolute Gasteiger partial charge is 0.357 e. The van der Waals surface area contributed by atoms with E-state index in [1.165, 1.54) is 0 Å². The van der Waals surface area contributed by atoms with Gasteiger partial charge in [-0.15, -0.1) is 24.0 Å². The first-order valence-electron chi connectivity index (χ1n) is 7.12. The molecule has 0 aliphatic heterocycles. The van der Waals surface area contributed by atoms with Gasteiger partial charge in [0.05, 0.1) is 12.8 Å². The topological polar surface area (TPSA) is 82.6 Å². The Kier molecular flexibility index (Phi) is 11.6. The number of rotatable bonds is 8. The average Bonchev–Trinajstić information content (AvgIpc) is 2.43. The van der Waals surface area contributed by atoms with Gasteiger partial charge in [0.1, 0.15) is 0 Å². The van der Waals surface area contributed by atoms with Crippen molar-refractivity contribution >= 4 is 51.6 Å². The summed E-state index contributed by atoms with van der Waals surface area (Å²) in [5.41, 5.74) is 1.03. The van der Waals surface area contributed by atoms with Gasteiger partial charge in [-0.05, 0) is 31.0 Å². The number of aliphatic imine (C=N–C) groups is 1. The Bertz CT molecular complexity index is 596. The van der Waals surface area contributed by atoms with Crippen molar-refractivity contribution in [3.05, 3.63) is 34.9 Å². The van der Waals surface area contributed by atoms with Crippen molar-refractivity contribution in [2.75, 3.05) is 25.9 Å². The molecule has 0 heterocycles. The number of benzene rings is 1. The zero-order chi connectivity index (χ0) is 16.4. The Balaban J connectivity index is 0.00000484. The summed E-state index contributed by atoms with van der Waals surface area (Å²) in [6.45, 7) is 4.30. The van der Waals surface area contributed by atoms with E-state index < -0.39 is 10.0 Å². The lowest BCUT2D eigenvalue weighted by atomic mass is 10.2. The predicted molar refractivity (Wildman–Crippen MR) is 107 cm³/mol. The molecule has 0 radical (unpaired) electrons. The summed E-state index contributed by atoms with van der Waals surface area (Å²) in [4.78, 5) is 4.47. The summed E-state index contributed by atoms with van der Waals surface area (Å²) in [5.74, 6) is 0.696. The number of nitrogens with one attached hydrogen (secondary N) is 3. The van der Waals surface area contributed by atoms with Crippen LogP contribution in [-0.2, 0) is 16.6 Å².